The molecule has 0 atom stereocenters. The van der Waals surface area contributed by atoms with Gasteiger partial charge in [-0.15, -0.1) is 0 Å². The molecule has 0 aromatic rings. The maximum atomic E-state index is 11.1. The maximum Gasteiger partial charge on any atom is 0.305 e. The minimum atomic E-state index is -0.0499. The van der Waals surface area contributed by atoms with Crippen LogP contribution in [0, 0.1) is 0 Å². The Morgan fingerprint density at radius 1 is 0.800 bits per heavy atom. The van der Waals surface area contributed by atoms with Crippen molar-refractivity contribution < 1.29 is 9.53 Å². The Labute approximate surface area is 126 Å². The van der Waals surface area contributed by atoms with Crippen molar-refractivity contribution in [3.05, 3.63) is 12.2 Å². The van der Waals surface area contributed by atoms with Crippen LogP contribution in [0.1, 0.15) is 90.9 Å². The molecule has 0 aromatic carbocycles. The van der Waals surface area contributed by atoms with Crippen LogP contribution >= 0.6 is 0 Å². The molecule has 0 aliphatic heterocycles. The van der Waals surface area contributed by atoms with Crippen molar-refractivity contribution >= 4 is 5.97 Å². The molecule has 0 rings (SSSR count). The number of hydrogen-bond donors (Lipinski definition) is 0. The fourth-order valence-electron chi connectivity index (χ4n) is 2.22. The SMILES string of the molecule is CCCCCCCCC=CCCCCCC(=O)OCC. The Morgan fingerprint density at radius 2 is 1.35 bits per heavy atom. The minimum absolute atomic E-state index is 0.0499. The molecule has 0 saturated carbocycles. The Hall–Kier alpha value is -0.790. The third kappa shape index (κ3) is 15.3. The van der Waals surface area contributed by atoms with E-state index in [4.69, 9.17) is 4.74 Å². The summed E-state index contributed by atoms with van der Waals surface area (Å²) in [6.07, 6.45) is 19.1. The van der Waals surface area contributed by atoms with Gasteiger partial charge in [-0.3, -0.25) is 4.79 Å². The van der Waals surface area contributed by atoms with Crippen LogP contribution in [0.5, 0.6) is 0 Å². The largest absolute Gasteiger partial charge is 0.466 e. The average Bonchev–Trinajstić information content (AvgIpc) is 2.44. The van der Waals surface area contributed by atoms with Crippen LogP contribution < -0.4 is 0 Å². The van der Waals surface area contributed by atoms with Gasteiger partial charge in [0, 0.05) is 6.42 Å². The van der Waals surface area contributed by atoms with Crippen LogP contribution in [0.3, 0.4) is 0 Å². The summed E-state index contributed by atoms with van der Waals surface area (Å²) in [5.41, 5.74) is 0. The van der Waals surface area contributed by atoms with Gasteiger partial charge < -0.3 is 4.74 Å². The molecule has 0 N–H and O–H groups in total. The summed E-state index contributed by atoms with van der Waals surface area (Å²) in [4.78, 5) is 11.1. The number of hydrogen-bond acceptors (Lipinski definition) is 2. The Bertz CT molecular complexity index is 234. The first kappa shape index (κ1) is 19.2. The quantitative estimate of drug-likeness (QED) is 0.228. The fraction of sp³-hybridized carbons (Fsp3) is 0.833. The Morgan fingerprint density at radius 3 is 1.95 bits per heavy atom. The molecule has 0 spiro atoms. The molecule has 2 heteroatoms. The molecule has 0 saturated heterocycles. The van der Waals surface area contributed by atoms with Gasteiger partial charge in [-0.05, 0) is 39.0 Å². The van der Waals surface area contributed by atoms with Gasteiger partial charge in [-0.25, -0.2) is 0 Å². The first-order valence-electron chi connectivity index (χ1n) is 8.61. The van der Waals surface area contributed by atoms with E-state index in [9.17, 15) is 4.79 Å². The first-order chi connectivity index (χ1) is 9.81. The van der Waals surface area contributed by atoms with E-state index in [1.165, 1.54) is 51.4 Å². The Kier molecular flexibility index (Phi) is 15.6. The van der Waals surface area contributed by atoms with Crippen molar-refractivity contribution in [2.24, 2.45) is 0 Å². The lowest BCUT2D eigenvalue weighted by Crippen LogP contribution is -2.02. The van der Waals surface area contributed by atoms with Crippen LogP contribution in [-0.2, 0) is 9.53 Å². The summed E-state index contributed by atoms with van der Waals surface area (Å²) in [7, 11) is 0. The lowest BCUT2D eigenvalue weighted by molar-refractivity contribution is -0.143. The predicted octanol–water partition coefficient (Wildman–Crippen LogP) is 5.81. The third-order valence-electron chi connectivity index (χ3n) is 3.45. The van der Waals surface area contributed by atoms with Crippen LogP contribution in [0.25, 0.3) is 0 Å². The summed E-state index contributed by atoms with van der Waals surface area (Å²) in [6.45, 7) is 4.61. The van der Waals surface area contributed by atoms with Crippen LogP contribution in [0.4, 0.5) is 0 Å². The van der Waals surface area contributed by atoms with Gasteiger partial charge in [0.25, 0.3) is 0 Å². The lowest BCUT2D eigenvalue weighted by atomic mass is 10.1. The van der Waals surface area contributed by atoms with Gasteiger partial charge in [-0.1, -0.05) is 57.6 Å². The summed E-state index contributed by atoms with van der Waals surface area (Å²) in [6, 6.07) is 0. The summed E-state index contributed by atoms with van der Waals surface area (Å²) in [5, 5.41) is 0. The standard InChI is InChI=1S/C18H34O2/c1-3-5-6-7-8-9-10-11-12-13-14-15-16-17-18(19)20-4-2/h11-12H,3-10,13-17H2,1-2H3. The summed E-state index contributed by atoms with van der Waals surface area (Å²) >= 11 is 0. The van der Waals surface area contributed by atoms with Gasteiger partial charge in [0.1, 0.15) is 0 Å². The van der Waals surface area contributed by atoms with Gasteiger partial charge in [0.05, 0.1) is 6.61 Å². The molecule has 0 bridgehead atoms. The number of allylic oxidation sites excluding steroid dienone is 2. The Balaban J connectivity index is 3.14. The highest BCUT2D eigenvalue weighted by atomic mass is 16.5. The third-order valence-corrected chi connectivity index (χ3v) is 3.45. The van der Waals surface area contributed by atoms with Crippen LogP contribution in [0.2, 0.25) is 0 Å². The molecule has 0 aliphatic carbocycles. The average molecular weight is 282 g/mol. The highest BCUT2D eigenvalue weighted by Crippen LogP contribution is 2.08. The molecule has 118 valence electrons. The van der Waals surface area contributed by atoms with Crippen molar-refractivity contribution in [3.8, 4) is 0 Å². The summed E-state index contributed by atoms with van der Waals surface area (Å²) in [5.74, 6) is -0.0499. The van der Waals surface area contributed by atoms with Crippen LogP contribution in [-0.4, -0.2) is 12.6 Å². The first-order valence-corrected chi connectivity index (χ1v) is 8.61. The van der Waals surface area contributed by atoms with Crippen molar-refractivity contribution in [1.82, 2.24) is 0 Å². The number of rotatable bonds is 14. The molecule has 0 aromatic heterocycles. The van der Waals surface area contributed by atoms with Crippen molar-refractivity contribution in [2.45, 2.75) is 90.9 Å². The van der Waals surface area contributed by atoms with E-state index in [1.807, 2.05) is 6.92 Å². The second-order valence-electron chi connectivity index (χ2n) is 5.43. The fourth-order valence-corrected chi connectivity index (χ4v) is 2.22. The number of carbonyl (C=O) groups is 1. The second-order valence-corrected chi connectivity index (χ2v) is 5.43. The van der Waals surface area contributed by atoms with Crippen LogP contribution in [0.15, 0.2) is 12.2 Å². The van der Waals surface area contributed by atoms with Gasteiger partial charge in [0.2, 0.25) is 0 Å². The van der Waals surface area contributed by atoms with E-state index in [0.29, 0.717) is 13.0 Å². The highest BCUT2D eigenvalue weighted by Gasteiger charge is 1.99. The monoisotopic (exact) mass is 282 g/mol. The molecule has 0 unspecified atom stereocenters. The van der Waals surface area contributed by atoms with E-state index in [0.717, 1.165) is 19.3 Å². The zero-order valence-electron chi connectivity index (χ0n) is 13.7. The minimum Gasteiger partial charge on any atom is -0.466 e. The highest BCUT2D eigenvalue weighted by molar-refractivity contribution is 5.69. The summed E-state index contributed by atoms with van der Waals surface area (Å²) < 4.78 is 4.90. The van der Waals surface area contributed by atoms with Gasteiger partial charge in [-0.2, -0.15) is 0 Å². The van der Waals surface area contributed by atoms with Crippen molar-refractivity contribution in [3.63, 3.8) is 0 Å². The number of esters is 1. The van der Waals surface area contributed by atoms with E-state index in [-0.39, 0.29) is 5.97 Å². The number of ether oxygens (including phenoxy) is 1. The second kappa shape index (κ2) is 16.3. The zero-order valence-corrected chi connectivity index (χ0v) is 13.7. The topological polar surface area (TPSA) is 26.3 Å². The predicted molar refractivity (Wildman–Crippen MR) is 86.9 cm³/mol. The maximum absolute atomic E-state index is 11.1. The van der Waals surface area contributed by atoms with E-state index in [2.05, 4.69) is 19.1 Å². The number of carbonyl (C=O) groups excluding carboxylic acids is 1. The van der Waals surface area contributed by atoms with Gasteiger partial charge >= 0.3 is 5.97 Å². The molecular weight excluding hydrogens is 248 g/mol. The van der Waals surface area contributed by atoms with Gasteiger partial charge in [0.15, 0.2) is 0 Å². The molecule has 20 heavy (non-hydrogen) atoms. The molecule has 0 amide bonds. The molecule has 0 fully saturated rings. The van der Waals surface area contributed by atoms with Crippen molar-refractivity contribution in [2.75, 3.05) is 6.61 Å². The molecule has 0 aliphatic rings. The molecule has 0 radical (unpaired) electrons. The molecule has 2 nitrogen and oxygen atoms in total. The molecular formula is C18H34O2. The van der Waals surface area contributed by atoms with E-state index >= 15 is 0 Å². The lowest BCUT2D eigenvalue weighted by Gasteiger charge is -2.00. The zero-order chi connectivity index (χ0) is 14.9. The molecule has 0 heterocycles. The smallest absolute Gasteiger partial charge is 0.305 e. The van der Waals surface area contributed by atoms with Crippen molar-refractivity contribution in [1.29, 1.82) is 0 Å². The number of unbranched alkanes of at least 4 members (excludes halogenated alkanes) is 9. The van der Waals surface area contributed by atoms with E-state index in [1.54, 1.807) is 0 Å². The normalized spacial score (nSPS) is 11.1. The van der Waals surface area contributed by atoms with E-state index < -0.39 is 0 Å².